The maximum Gasteiger partial charge on any atom is 0.137 e. The maximum absolute atomic E-state index is 5.56. The molecule has 2 N–H and O–H groups in total. The lowest BCUT2D eigenvalue weighted by Gasteiger charge is -2.01. The monoisotopic (exact) mass is 289 g/mol. The summed E-state index contributed by atoms with van der Waals surface area (Å²) in [6.45, 7) is 0.632. The molecule has 4 heteroatoms. The Labute approximate surface area is 107 Å². The van der Waals surface area contributed by atoms with Crippen molar-refractivity contribution in [3.63, 3.8) is 0 Å². The number of nitrogens with two attached hydrogens (primary N) is 1. The fourth-order valence-electron chi connectivity index (χ4n) is 2.07. The molecule has 0 saturated heterocycles. The molecule has 0 saturated carbocycles. The average Bonchev–Trinajstić information content (AvgIpc) is 2.72. The van der Waals surface area contributed by atoms with Crippen molar-refractivity contribution < 1.29 is 0 Å². The summed E-state index contributed by atoms with van der Waals surface area (Å²) < 4.78 is 3.21. The number of halogens is 1. The van der Waals surface area contributed by atoms with Crippen LogP contribution in [0.2, 0.25) is 0 Å². The molecule has 0 amide bonds. The Morgan fingerprint density at radius 3 is 2.94 bits per heavy atom. The molecule has 0 spiro atoms. The van der Waals surface area contributed by atoms with E-state index in [9.17, 15) is 0 Å². The minimum atomic E-state index is 0.632. The highest BCUT2D eigenvalue weighted by Crippen LogP contribution is 2.21. The topological polar surface area (TPSA) is 43.3 Å². The summed E-state index contributed by atoms with van der Waals surface area (Å²) in [6.07, 6.45) is 2.89. The number of nitrogens with zero attached hydrogens (tertiary/aromatic N) is 2. The van der Waals surface area contributed by atoms with Crippen LogP contribution in [-0.2, 0) is 6.42 Å². The van der Waals surface area contributed by atoms with E-state index in [0.29, 0.717) is 6.54 Å². The Hall–Kier alpha value is -1.39. The molecule has 17 heavy (non-hydrogen) atoms. The zero-order valence-corrected chi connectivity index (χ0v) is 10.8. The van der Waals surface area contributed by atoms with Crippen molar-refractivity contribution in [2.45, 2.75) is 6.42 Å². The average molecular weight is 290 g/mol. The first kappa shape index (κ1) is 10.7. The second-order valence-electron chi connectivity index (χ2n) is 4.04. The van der Waals surface area contributed by atoms with E-state index in [0.717, 1.165) is 22.2 Å². The zero-order chi connectivity index (χ0) is 11.8. The van der Waals surface area contributed by atoms with E-state index in [2.05, 4.69) is 49.7 Å². The first-order valence-corrected chi connectivity index (χ1v) is 6.33. The summed E-state index contributed by atoms with van der Waals surface area (Å²) in [6, 6.07) is 10.4. The third kappa shape index (κ3) is 1.83. The van der Waals surface area contributed by atoms with Crippen molar-refractivity contribution >= 4 is 32.5 Å². The minimum absolute atomic E-state index is 0.632. The molecular weight excluding hydrogens is 278 g/mol. The summed E-state index contributed by atoms with van der Waals surface area (Å²) in [4.78, 5) is 4.55. The van der Waals surface area contributed by atoms with Gasteiger partial charge >= 0.3 is 0 Å². The number of imidazole rings is 1. The van der Waals surface area contributed by atoms with Crippen LogP contribution in [0.3, 0.4) is 0 Å². The van der Waals surface area contributed by atoms with Gasteiger partial charge in [-0.1, -0.05) is 15.9 Å². The maximum atomic E-state index is 5.56. The largest absolute Gasteiger partial charge is 0.330 e. The summed E-state index contributed by atoms with van der Waals surface area (Å²) in [7, 11) is 0. The number of hydrogen-bond donors (Lipinski definition) is 1. The number of pyridine rings is 1. The van der Waals surface area contributed by atoms with E-state index in [1.807, 2.05) is 12.1 Å². The lowest BCUT2D eigenvalue weighted by atomic mass is 10.2. The van der Waals surface area contributed by atoms with Crippen LogP contribution in [0.15, 0.2) is 41.0 Å². The second kappa shape index (κ2) is 4.13. The van der Waals surface area contributed by atoms with Crippen molar-refractivity contribution in [1.29, 1.82) is 0 Å². The molecular formula is C13H12BrN3. The Kier molecular flexibility index (Phi) is 2.61. The van der Waals surface area contributed by atoms with Crippen molar-refractivity contribution in [2.75, 3.05) is 6.54 Å². The molecule has 0 radical (unpaired) electrons. The van der Waals surface area contributed by atoms with Crippen LogP contribution in [0, 0.1) is 0 Å². The van der Waals surface area contributed by atoms with Crippen LogP contribution in [0.25, 0.3) is 16.6 Å². The number of aromatic nitrogens is 2. The molecule has 0 bridgehead atoms. The van der Waals surface area contributed by atoms with Crippen LogP contribution < -0.4 is 5.73 Å². The number of hydrogen-bond acceptors (Lipinski definition) is 2. The van der Waals surface area contributed by atoms with Gasteiger partial charge in [-0.15, -0.1) is 0 Å². The van der Waals surface area contributed by atoms with Gasteiger partial charge in [-0.3, -0.25) is 4.40 Å². The smallest absolute Gasteiger partial charge is 0.137 e. The minimum Gasteiger partial charge on any atom is -0.330 e. The number of benzene rings is 1. The molecule has 2 heterocycles. The van der Waals surface area contributed by atoms with Crippen LogP contribution >= 0.6 is 15.9 Å². The molecule has 1 aromatic carbocycles. The van der Waals surface area contributed by atoms with Crippen molar-refractivity contribution in [1.82, 2.24) is 9.38 Å². The van der Waals surface area contributed by atoms with Crippen molar-refractivity contribution in [3.8, 4) is 0 Å². The van der Waals surface area contributed by atoms with Gasteiger partial charge in [0, 0.05) is 17.1 Å². The van der Waals surface area contributed by atoms with Gasteiger partial charge in [0.25, 0.3) is 0 Å². The molecule has 0 aliphatic heterocycles. The Morgan fingerprint density at radius 1 is 1.24 bits per heavy atom. The van der Waals surface area contributed by atoms with E-state index in [1.54, 1.807) is 0 Å². The molecule has 0 aliphatic rings. The molecule has 3 nitrogen and oxygen atoms in total. The molecule has 3 rings (SSSR count). The van der Waals surface area contributed by atoms with Crippen LogP contribution in [0.4, 0.5) is 0 Å². The van der Waals surface area contributed by atoms with Gasteiger partial charge in [0.05, 0.1) is 11.2 Å². The fourth-order valence-corrected chi connectivity index (χ4v) is 2.45. The first-order valence-electron chi connectivity index (χ1n) is 5.54. The first-order chi connectivity index (χ1) is 8.28. The highest BCUT2D eigenvalue weighted by atomic mass is 79.9. The number of rotatable bonds is 2. The third-order valence-electron chi connectivity index (χ3n) is 2.84. The molecule has 0 atom stereocenters. The summed E-state index contributed by atoms with van der Waals surface area (Å²) in [5, 5.41) is 1.20. The van der Waals surface area contributed by atoms with Crippen molar-refractivity contribution in [2.24, 2.45) is 5.73 Å². The van der Waals surface area contributed by atoms with Gasteiger partial charge in [0.15, 0.2) is 0 Å². The van der Waals surface area contributed by atoms with Crippen LogP contribution in [0.5, 0.6) is 0 Å². The van der Waals surface area contributed by atoms with Crippen LogP contribution in [-0.4, -0.2) is 15.9 Å². The van der Waals surface area contributed by atoms with E-state index in [4.69, 9.17) is 5.73 Å². The van der Waals surface area contributed by atoms with E-state index >= 15 is 0 Å². The molecule has 3 aromatic rings. The quantitative estimate of drug-likeness (QED) is 0.788. The lowest BCUT2D eigenvalue weighted by molar-refractivity contribution is 0.937. The third-order valence-corrected chi connectivity index (χ3v) is 3.34. The Balaban J connectivity index is 2.31. The van der Waals surface area contributed by atoms with Gasteiger partial charge in [-0.05, 0) is 42.3 Å². The van der Waals surface area contributed by atoms with E-state index in [-0.39, 0.29) is 0 Å². The van der Waals surface area contributed by atoms with Gasteiger partial charge < -0.3 is 5.73 Å². The zero-order valence-electron chi connectivity index (χ0n) is 9.23. The van der Waals surface area contributed by atoms with Gasteiger partial charge in [-0.25, -0.2) is 4.98 Å². The lowest BCUT2D eigenvalue weighted by Crippen LogP contribution is -2.02. The molecule has 2 aromatic heterocycles. The van der Waals surface area contributed by atoms with E-state index in [1.165, 1.54) is 10.9 Å². The molecule has 86 valence electrons. The predicted octanol–water partition coefficient (Wildman–Crippen LogP) is 2.75. The standard InChI is InChI=1S/C13H12BrN3/c14-10-2-3-12-9(7-10)1-4-13-16-11(5-6-15)8-17(12)13/h1-4,7-8H,5-6,15H2. The summed E-state index contributed by atoms with van der Waals surface area (Å²) >= 11 is 3.49. The van der Waals surface area contributed by atoms with Gasteiger partial charge in [0.2, 0.25) is 0 Å². The summed E-state index contributed by atoms with van der Waals surface area (Å²) in [5.41, 5.74) is 8.75. The molecule has 0 aliphatic carbocycles. The predicted molar refractivity (Wildman–Crippen MR) is 73.2 cm³/mol. The summed E-state index contributed by atoms with van der Waals surface area (Å²) in [5.74, 6) is 0. The van der Waals surface area contributed by atoms with Gasteiger partial charge in [-0.2, -0.15) is 0 Å². The Bertz CT molecular complexity index is 688. The van der Waals surface area contributed by atoms with Crippen molar-refractivity contribution in [3.05, 3.63) is 46.7 Å². The normalized spacial score (nSPS) is 11.4. The SMILES string of the molecule is NCCc1cn2c(ccc3cc(Br)ccc32)n1. The van der Waals surface area contributed by atoms with E-state index < -0.39 is 0 Å². The Morgan fingerprint density at radius 2 is 2.12 bits per heavy atom. The van der Waals surface area contributed by atoms with Gasteiger partial charge in [0.1, 0.15) is 5.65 Å². The highest BCUT2D eigenvalue weighted by Gasteiger charge is 2.04. The molecule has 0 fully saturated rings. The molecule has 0 unspecified atom stereocenters. The number of fused-ring (bicyclic) bond motifs is 3. The fraction of sp³-hybridized carbons (Fsp3) is 0.154. The second-order valence-corrected chi connectivity index (χ2v) is 4.95. The highest BCUT2D eigenvalue weighted by molar-refractivity contribution is 9.10. The van der Waals surface area contributed by atoms with Crippen LogP contribution in [0.1, 0.15) is 5.69 Å².